The summed E-state index contributed by atoms with van der Waals surface area (Å²) in [6.07, 6.45) is 3.92. The summed E-state index contributed by atoms with van der Waals surface area (Å²) in [5.41, 5.74) is 1.15. The number of carbonyl (C=O) groups is 2. The van der Waals surface area contributed by atoms with Gasteiger partial charge in [-0.3, -0.25) is 9.59 Å². The molecule has 0 aliphatic heterocycles. The van der Waals surface area contributed by atoms with Crippen molar-refractivity contribution in [3.05, 3.63) is 48.1 Å². The zero-order valence-corrected chi connectivity index (χ0v) is 10.8. The summed E-state index contributed by atoms with van der Waals surface area (Å²) in [7, 11) is 1.58. The van der Waals surface area contributed by atoms with Crippen LogP contribution in [0.5, 0.6) is 5.75 Å². The van der Waals surface area contributed by atoms with E-state index in [-0.39, 0.29) is 11.6 Å². The van der Waals surface area contributed by atoms with Crippen LogP contribution in [0, 0.1) is 0 Å². The summed E-state index contributed by atoms with van der Waals surface area (Å²) in [5.74, 6) is 0.407. The van der Waals surface area contributed by atoms with Gasteiger partial charge in [-0.05, 0) is 35.9 Å². The van der Waals surface area contributed by atoms with Gasteiger partial charge in [0.25, 0.3) is 0 Å². The highest BCUT2D eigenvalue weighted by atomic mass is 16.5. The molecule has 0 aromatic heterocycles. The molecule has 0 bridgehead atoms. The van der Waals surface area contributed by atoms with Gasteiger partial charge in [-0.2, -0.15) is 0 Å². The van der Waals surface area contributed by atoms with Gasteiger partial charge in [0.2, 0.25) is 0 Å². The monoisotopic (exact) mass is 244 g/mol. The van der Waals surface area contributed by atoms with E-state index < -0.39 is 0 Å². The molecule has 1 aliphatic rings. The molecular weight excluding hydrogens is 228 g/mol. The van der Waals surface area contributed by atoms with Crippen LogP contribution in [0.3, 0.4) is 0 Å². The minimum Gasteiger partial charge on any atom is -0.497 e. The van der Waals surface area contributed by atoms with Crippen molar-refractivity contribution < 1.29 is 14.3 Å². The summed E-state index contributed by atoms with van der Waals surface area (Å²) < 4.78 is 5.02. The molecule has 18 heavy (non-hydrogen) atoms. The van der Waals surface area contributed by atoms with Gasteiger partial charge >= 0.3 is 0 Å². The van der Waals surface area contributed by atoms with E-state index in [4.69, 9.17) is 4.74 Å². The average molecular weight is 244 g/mol. The van der Waals surface area contributed by atoms with E-state index in [0.29, 0.717) is 5.57 Å². The lowest BCUT2D eigenvalue weighted by Crippen LogP contribution is -2.06. The smallest absolute Gasteiger partial charge is 0.186 e. The molecule has 0 saturated carbocycles. The molecule has 0 unspecified atom stereocenters. The zero-order chi connectivity index (χ0) is 13.5. The summed E-state index contributed by atoms with van der Waals surface area (Å²) in [5, 5.41) is 0. The Morgan fingerprint density at radius 3 is 2.11 bits per heavy atom. The van der Waals surface area contributed by atoms with Gasteiger partial charge < -0.3 is 4.74 Å². The zero-order valence-electron chi connectivity index (χ0n) is 10.8. The summed E-state index contributed by atoms with van der Waals surface area (Å²) in [6.45, 7) is 4.00. The maximum absolute atomic E-state index is 11.6. The van der Waals surface area contributed by atoms with E-state index in [2.05, 4.69) is 0 Å². The molecular formula is C15H16O3. The van der Waals surface area contributed by atoms with E-state index >= 15 is 0 Å². The molecule has 2 rings (SSSR count). The van der Waals surface area contributed by atoms with Crippen LogP contribution in [0.1, 0.15) is 19.4 Å². The second-order valence-corrected chi connectivity index (χ2v) is 3.39. The SMILES string of the molecule is CC.COc1ccc(C2=CC(=O)C=CC2=O)cc1. The predicted octanol–water partition coefficient (Wildman–Crippen LogP) is 2.81. The number of rotatable bonds is 2. The number of allylic oxidation sites excluding steroid dienone is 4. The lowest BCUT2D eigenvalue weighted by Gasteiger charge is -2.07. The van der Waals surface area contributed by atoms with Gasteiger partial charge in [0.1, 0.15) is 5.75 Å². The van der Waals surface area contributed by atoms with Gasteiger partial charge in [-0.1, -0.05) is 26.0 Å². The van der Waals surface area contributed by atoms with Crippen LogP contribution in [0.2, 0.25) is 0 Å². The number of benzene rings is 1. The van der Waals surface area contributed by atoms with Crippen LogP contribution >= 0.6 is 0 Å². The molecule has 0 saturated heterocycles. The summed E-state index contributed by atoms with van der Waals surface area (Å²) in [6, 6.07) is 7.03. The highest BCUT2D eigenvalue weighted by Crippen LogP contribution is 2.21. The molecule has 94 valence electrons. The molecule has 0 radical (unpaired) electrons. The Bertz CT molecular complexity index is 493. The Kier molecular flexibility index (Phi) is 5.06. The van der Waals surface area contributed by atoms with Crippen molar-refractivity contribution in [2.75, 3.05) is 7.11 Å². The second kappa shape index (κ2) is 6.55. The molecule has 3 nitrogen and oxygen atoms in total. The van der Waals surface area contributed by atoms with E-state index in [1.165, 1.54) is 18.2 Å². The fourth-order valence-electron chi connectivity index (χ4n) is 1.51. The van der Waals surface area contributed by atoms with Crippen molar-refractivity contribution in [3.8, 4) is 5.75 Å². The molecule has 0 fully saturated rings. The number of hydrogen-bond donors (Lipinski definition) is 0. The number of ether oxygens (including phenoxy) is 1. The van der Waals surface area contributed by atoms with Crippen LogP contribution < -0.4 is 4.74 Å². The van der Waals surface area contributed by atoms with Crippen molar-refractivity contribution in [2.45, 2.75) is 13.8 Å². The van der Waals surface area contributed by atoms with E-state index in [1.807, 2.05) is 13.8 Å². The molecule has 0 spiro atoms. The molecule has 0 amide bonds. The Labute approximate surface area is 107 Å². The highest BCUT2D eigenvalue weighted by Gasteiger charge is 2.14. The fourth-order valence-corrected chi connectivity index (χ4v) is 1.51. The third kappa shape index (κ3) is 3.17. The van der Waals surface area contributed by atoms with Crippen LogP contribution in [0.25, 0.3) is 5.57 Å². The first-order valence-electron chi connectivity index (χ1n) is 5.83. The molecule has 3 heteroatoms. The van der Waals surface area contributed by atoms with Crippen molar-refractivity contribution >= 4 is 17.1 Å². The standard InChI is InChI=1S/C13H10O3.C2H6/c1-16-11-5-2-9(3-6-11)12-8-10(14)4-7-13(12)15;1-2/h2-8H,1H3;1-2H3. The number of ketones is 2. The van der Waals surface area contributed by atoms with Gasteiger partial charge in [-0.15, -0.1) is 0 Å². The van der Waals surface area contributed by atoms with Crippen LogP contribution in [-0.2, 0) is 9.59 Å². The lowest BCUT2D eigenvalue weighted by atomic mass is 9.96. The maximum atomic E-state index is 11.6. The first-order valence-corrected chi connectivity index (χ1v) is 5.83. The van der Waals surface area contributed by atoms with Gasteiger partial charge in [0.15, 0.2) is 11.6 Å². The lowest BCUT2D eigenvalue weighted by molar-refractivity contribution is -0.113. The Morgan fingerprint density at radius 1 is 0.944 bits per heavy atom. The Morgan fingerprint density at radius 2 is 1.56 bits per heavy atom. The van der Waals surface area contributed by atoms with Crippen molar-refractivity contribution in [1.29, 1.82) is 0 Å². The number of methoxy groups -OCH3 is 1. The second-order valence-electron chi connectivity index (χ2n) is 3.39. The molecule has 1 aliphatic carbocycles. The first-order chi connectivity index (χ1) is 8.70. The quantitative estimate of drug-likeness (QED) is 0.751. The molecule has 0 N–H and O–H groups in total. The van der Waals surface area contributed by atoms with E-state index in [9.17, 15) is 9.59 Å². The summed E-state index contributed by atoms with van der Waals surface area (Å²) >= 11 is 0. The van der Waals surface area contributed by atoms with Crippen LogP contribution in [-0.4, -0.2) is 18.7 Å². The minimum atomic E-state index is -0.162. The number of hydrogen-bond acceptors (Lipinski definition) is 3. The summed E-state index contributed by atoms with van der Waals surface area (Å²) in [4.78, 5) is 22.7. The molecule has 1 aromatic carbocycles. The number of carbonyl (C=O) groups excluding carboxylic acids is 2. The fraction of sp³-hybridized carbons (Fsp3) is 0.200. The Hall–Kier alpha value is -2.16. The van der Waals surface area contributed by atoms with E-state index in [0.717, 1.165) is 11.3 Å². The van der Waals surface area contributed by atoms with Crippen molar-refractivity contribution in [3.63, 3.8) is 0 Å². The first kappa shape index (κ1) is 13.9. The van der Waals surface area contributed by atoms with E-state index in [1.54, 1.807) is 31.4 Å². The Balaban J connectivity index is 0.000000771. The van der Waals surface area contributed by atoms with Gasteiger partial charge in [0, 0.05) is 5.57 Å². The van der Waals surface area contributed by atoms with Crippen LogP contribution in [0.4, 0.5) is 0 Å². The van der Waals surface area contributed by atoms with Crippen LogP contribution in [0.15, 0.2) is 42.5 Å². The normalized spacial score (nSPS) is 13.6. The van der Waals surface area contributed by atoms with Gasteiger partial charge in [0.05, 0.1) is 7.11 Å². The topological polar surface area (TPSA) is 43.4 Å². The predicted molar refractivity (Wildman–Crippen MR) is 71.5 cm³/mol. The minimum absolute atomic E-state index is 0.148. The largest absolute Gasteiger partial charge is 0.497 e. The molecule has 1 aromatic rings. The highest BCUT2D eigenvalue weighted by molar-refractivity contribution is 6.33. The molecule has 0 atom stereocenters. The van der Waals surface area contributed by atoms with Crippen molar-refractivity contribution in [1.82, 2.24) is 0 Å². The third-order valence-corrected chi connectivity index (χ3v) is 2.35. The van der Waals surface area contributed by atoms with Gasteiger partial charge in [-0.25, -0.2) is 0 Å². The molecule has 0 heterocycles. The third-order valence-electron chi connectivity index (χ3n) is 2.35. The average Bonchev–Trinajstić information content (AvgIpc) is 2.44. The maximum Gasteiger partial charge on any atom is 0.186 e. The van der Waals surface area contributed by atoms with Crippen molar-refractivity contribution in [2.24, 2.45) is 0 Å².